The number of aryl methyl sites for hydroxylation is 3. The summed E-state index contributed by atoms with van der Waals surface area (Å²) in [7, 11) is 1.95. The summed E-state index contributed by atoms with van der Waals surface area (Å²) >= 11 is 0. The number of nitrogens with two attached hydrogens (primary N) is 1. The van der Waals surface area contributed by atoms with Gasteiger partial charge in [0.05, 0.1) is 5.69 Å². The van der Waals surface area contributed by atoms with Gasteiger partial charge < -0.3 is 5.73 Å². The van der Waals surface area contributed by atoms with Gasteiger partial charge in [0.2, 0.25) is 0 Å². The van der Waals surface area contributed by atoms with Crippen molar-refractivity contribution in [3.05, 3.63) is 17.5 Å². The Hall–Kier alpha value is -0.830. The van der Waals surface area contributed by atoms with Crippen LogP contribution in [0, 0.1) is 6.92 Å². The standard InChI is InChI=1S/C9H17N3/c1-7-6-12(3)11-9(7)5-4-8(2)10/h6,8H,4-5,10H2,1-3H3/t8-/m0/s1. The topological polar surface area (TPSA) is 43.8 Å². The molecule has 0 aliphatic heterocycles. The number of aromatic nitrogens is 2. The summed E-state index contributed by atoms with van der Waals surface area (Å²) in [6.07, 6.45) is 4.04. The summed E-state index contributed by atoms with van der Waals surface area (Å²) in [6.45, 7) is 4.11. The third-order valence-corrected chi connectivity index (χ3v) is 1.95. The Morgan fingerprint density at radius 2 is 2.33 bits per heavy atom. The lowest BCUT2D eigenvalue weighted by atomic mass is 10.1. The van der Waals surface area contributed by atoms with Crippen LogP contribution in [0.15, 0.2) is 6.20 Å². The molecule has 0 unspecified atom stereocenters. The number of hydrogen-bond acceptors (Lipinski definition) is 2. The number of nitrogens with zero attached hydrogens (tertiary/aromatic N) is 2. The second kappa shape index (κ2) is 3.72. The Kier molecular flexibility index (Phi) is 2.87. The number of hydrogen-bond donors (Lipinski definition) is 1. The van der Waals surface area contributed by atoms with E-state index >= 15 is 0 Å². The molecule has 0 aromatic carbocycles. The highest BCUT2D eigenvalue weighted by atomic mass is 15.2. The summed E-state index contributed by atoms with van der Waals surface area (Å²) in [5, 5.41) is 4.34. The first-order valence-corrected chi connectivity index (χ1v) is 4.34. The van der Waals surface area contributed by atoms with Crippen LogP contribution in [0.25, 0.3) is 0 Å². The molecule has 3 nitrogen and oxygen atoms in total. The van der Waals surface area contributed by atoms with E-state index in [1.165, 1.54) is 11.3 Å². The molecule has 1 heterocycles. The fraction of sp³-hybridized carbons (Fsp3) is 0.667. The summed E-state index contributed by atoms with van der Waals surface area (Å²) < 4.78 is 1.85. The van der Waals surface area contributed by atoms with Gasteiger partial charge in [-0.1, -0.05) is 0 Å². The van der Waals surface area contributed by atoms with Crippen LogP contribution < -0.4 is 5.73 Å². The molecule has 0 aliphatic carbocycles. The molecule has 0 spiro atoms. The van der Waals surface area contributed by atoms with Crippen molar-refractivity contribution in [2.75, 3.05) is 0 Å². The lowest BCUT2D eigenvalue weighted by Gasteiger charge is -2.02. The molecule has 1 atom stereocenters. The van der Waals surface area contributed by atoms with Crippen molar-refractivity contribution in [2.45, 2.75) is 32.7 Å². The highest BCUT2D eigenvalue weighted by molar-refractivity contribution is 5.14. The van der Waals surface area contributed by atoms with Gasteiger partial charge in [0.15, 0.2) is 0 Å². The first kappa shape index (κ1) is 9.26. The van der Waals surface area contributed by atoms with Crippen LogP contribution in [0.4, 0.5) is 0 Å². The van der Waals surface area contributed by atoms with Crippen molar-refractivity contribution in [3.63, 3.8) is 0 Å². The summed E-state index contributed by atoms with van der Waals surface area (Å²) in [5.74, 6) is 0. The second-order valence-corrected chi connectivity index (χ2v) is 3.45. The molecule has 0 fully saturated rings. The van der Waals surface area contributed by atoms with Crippen LogP contribution >= 0.6 is 0 Å². The molecule has 68 valence electrons. The summed E-state index contributed by atoms with van der Waals surface area (Å²) in [4.78, 5) is 0. The molecule has 2 N–H and O–H groups in total. The van der Waals surface area contributed by atoms with Crippen molar-refractivity contribution >= 4 is 0 Å². The van der Waals surface area contributed by atoms with Crippen LogP contribution in [-0.4, -0.2) is 15.8 Å². The van der Waals surface area contributed by atoms with Gasteiger partial charge in [-0.2, -0.15) is 5.10 Å². The van der Waals surface area contributed by atoms with E-state index in [0.717, 1.165) is 12.8 Å². The van der Waals surface area contributed by atoms with E-state index in [0.29, 0.717) is 0 Å². The number of rotatable bonds is 3. The zero-order chi connectivity index (χ0) is 9.14. The molecule has 12 heavy (non-hydrogen) atoms. The molecular weight excluding hydrogens is 150 g/mol. The molecular formula is C9H17N3. The van der Waals surface area contributed by atoms with Crippen LogP contribution in [0.3, 0.4) is 0 Å². The molecule has 1 rings (SSSR count). The first-order chi connectivity index (χ1) is 5.59. The van der Waals surface area contributed by atoms with Gasteiger partial charge in [0.1, 0.15) is 0 Å². The summed E-state index contributed by atoms with van der Waals surface area (Å²) in [5.41, 5.74) is 8.10. The zero-order valence-electron chi connectivity index (χ0n) is 8.04. The van der Waals surface area contributed by atoms with E-state index in [4.69, 9.17) is 5.73 Å². The Bertz CT molecular complexity index is 250. The maximum Gasteiger partial charge on any atom is 0.0654 e. The van der Waals surface area contributed by atoms with Gasteiger partial charge in [0, 0.05) is 19.3 Å². The van der Waals surface area contributed by atoms with Crippen molar-refractivity contribution < 1.29 is 0 Å². The lowest BCUT2D eigenvalue weighted by molar-refractivity contribution is 0.644. The quantitative estimate of drug-likeness (QED) is 0.730. The lowest BCUT2D eigenvalue weighted by Crippen LogP contribution is -2.15. The minimum Gasteiger partial charge on any atom is -0.328 e. The van der Waals surface area contributed by atoms with E-state index in [9.17, 15) is 0 Å². The fourth-order valence-electron chi connectivity index (χ4n) is 1.26. The Morgan fingerprint density at radius 1 is 1.67 bits per heavy atom. The highest BCUT2D eigenvalue weighted by Crippen LogP contribution is 2.07. The molecule has 0 saturated heterocycles. The van der Waals surface area contributed by atoms with Crippen molar-refractivity contribution in [1.29, 1.82) is 0 Å². The minimum atomic E-state index is 0.270. The third kappa shape index (κ3) is 2.34. The van der Waals surface area contributed by atoms with Crippen molar-refractivity contribution in [3.8, 4) is 0 Å². The molecule has 0 aliphatic rings. The Balaban J connectivity index is 2.57. The van der Waals surface area contributed by atoms with E-state index in [1.54, 1.807) is 0 Å². The highest BCUT2D eigenvalue weighted by Gasteiger charge is 2.03. The maximum absolute atomic E-state index is 5.66. The van der Waals surface area contributed by atoms with Crippen molar-refractivity contribution in [1.82, 2.24) is 9.78 Å². The molecule has 0 saturated carbocycles. The fourth-order valence-corrected chi connectivity index (χ4v) is 1.26. The second-order valence-electron chi connectivity index (χ2n) is 3.45. The normalized spacial score (nSPS) is 13.3. The molecule has 0 bridgehead atoms. The Labute approximate surface area is 73.6 Å². The maximum atomic E-state index is 5.66. The third-order valence-electron chi connectivity index (χ3n) is 1.95. The van der Waals surface area contributed by atoms with E-state index in [2.05, 4.69) is 12.0 Å². The smallest absolute Gasteiger partial charge is 0.0654 e. The average molecular weight is 167 g/mol. The molecule has 1 aromatic rings. The van der Waals surface area contributed by atoms with Gasteiger partial charge in [-0.25, -0.2) is 0 Å². The van der Waals surface area contributed by atoms with Crippen molar-refractivity contribution in [2.24, 2.45) is 12.8 Å². The van der Waals surface area contributed by atoms with Gasteiger partial charge >= 0.3 is 0 Å². The van der Waals surface area contributed by atoms with E-state index in [1.807, 2.05) is 24.9 Å². The molecule has 0 amide bonds. The van der Waals surface area contributed by atoms with Crippen LogP contribution in [0.5, 0.6) is 0 Å². The van der Waals surface area contributed by atoms with Crippen LogP contribution in [0.2, 0.25) is 0 Å². The zero-order valence-corrected chi connectivity index (χ0v) is 8.04. The molecule has 1 aromatic heterocycles. The predicted molar refractivity (Wildman–Crippen MR) is 49.9 cm³/mol. The average Bonchev–Trinajstić information content (AvgIpc) is 2.26. The molecule has 0 radical (unpaired) electrons. The monoisotopic (exact) mass is 167 g/mol. The first-order valence-electron chi connectivity index (χ1n) is 4.34. The largest absolute Gasteiger partial charge is 0.328 e. The SMILES string of the molecule is Cc1cn(C)nc1CC[C@H](C)N. The van der Waals surface area contributed by atoms with Gasteiger partial charge in [0.25, 0.3) is 0 Å². The van der Waals surface area contributed by atoms with Gasteiger partial charge in [-0.15, -0.1) is 0 Å². The van der Waals surface area contributed by atoms with E-state index < -0.39 is 0 Å². The van der Waals surface area contributed by atoms with Crippen LogP contribution in [0.1, 0.15) is 24.6 Å². The van der Waals surface area contributed by atoms with Crippen LogP contribution in [-0.2, 0) is 13.5 Å². The Morgan fingerprint density at radius 3 is 2.75 bits per heavy atom. The predicted octanol–water partition coefficient (Wildman–Crippen LogP) is 1.01. The minimum absolute atomic E-state index is 0.270. The summed E-state index contributed by atoms with van der Waals surface area (Å²) in [6, 6.07) is 0.270. The van der Waals surface area contributed by atoms with Gasteiger partial charge in [-0.3, -0.25) is 4.68 Å². The van der Waals surface area contributed by atoms with Gasteiger partial charge in [-0.05, 0) is 32.3 Å². The molecule has 3 heteroatoms. The van der Waals surface area contributed by atoms with E-state index in [-0.39, 0.29) is 6.04 Å².